The Labute approximate surface area is 101 Å². The van der Waals surface area contributed by atoms with E-state index in [-0.39, 0.29) is 0 Å². The van der Waals surface area contributed by atoms with Gasteiger partial charge in [0.05, 0.1) is 6.10 Å². The lowest BCUT2D eigenvalue weighted by Gasteiger charge is -2.31. The molecule has 0 aromatic carbocycles. The quantitative estimate of drug-likeness (QED) is 0.720. The maximum Gasteiger partial charge on any atom is 0.0518 e. The Morgan fingerprint density at radius 1 is 1.19 bits per heavy atom. The van der Waals surface area contributed by atoms with Crippen molar-refractivity contribution < 1.29 is 4.74 Å². The third kappa shape index (κ3) is 5.31. The highest BCUT2D eigenvalue weighted by Gasteiger charge is 2.22. The van der Waals surface area contributed by atoms with Crippen molar-refractivity contribution in [3.05, 3.63) is 0 Å². The summed E-state index contributed by atoms with van der Waals surface area (Å²) in [7, 11) is 0. The van der Waals surface area contributed by atoms with Gasteiger partial charge >= 0.3 is 0 Å². The van der Waals surface area contributed by atoms with E-state index in [4.69, 9.17) is 4.74 Å². The molecule has 0 heterocycles. The molecular weight excluding hydrogens is 198 g/mol. The van der Waals surface area contributed by atoms with Crippen molar-refractivity contribution in [2.75, 3.05) is 13.2 Å². The fourth-order valence-electron chi connectivity index (χ4n) is 2.73. The Balaban J connectivity index is 2.27. The van der Waals surface area contributed by atoms with E-state index in [0.29, 0.717) is 12.1 Å². The van der Waals surface area contributed by atoms with Gasteiger partial charge in [-0.2, -0.15) is 0 Å². The molecule has 2 heteroatoms. The first-order valence-corrected chi connectivity index (χ1v) is 7.09. The largest absolute Gasteiger partial charge is 0.379 e. The highest BCUT2D eigenvalue weighted by atomic mass is 16.5. The molecule has 0 spiro atoms. The summed E-state index contributed by atoms with van der Waals surface area (Å²) in [4.78, 5) is 0. The third-order valence-corrected chi connectivity index (χ3v) is 3.57. The van der Waals surface area contributed by atoms with Gasteiger partial charge in [0.2, 0.25) is 0 Å². The number of ether oxygens (including phenoxy) is 1. The molecule has 96 valence electrons. The first-order valence-electron chi connectivity index (χ1n) is 7.09. The minimum Gasteiger partial charge on any atom is -0.379 e. The van der Waals surface area contributed by atoms with Gasteiger partial charge in [-0.3, -0.25) is 0 Å². The monoisotopic (exact) mass is 227 g/mol. The molecule has 1 atom stereocenters. The zero-order chi connectivity index (χ0) is 11.8. The Bertz CT molecular complexity index is 164. The average molecular weight is 227 g/mol. The fraction of sp³-hybridized carbons (Fsp3) is 1.00. The number of hydrogen-bond donors (Lipinski definition) is 1. The summed E-state index contributed by atoms with van der Waals surface area (Å²) >= 11 is 0. The predicted molar refractivity (Wildman–Crippen MR) is 69.7 cm³/mol. The van der Waals surface area contributed by atoms with Crippen molar-refractivity contribution in [3.8, 4) is 0 Å². The molecule has 1 aliphatic rings. The summed E-state index contributed by atoms with van der Waals surface area (Å²) in [6.07, 6.45) is 8.68. The lowest BCUT2D eigenvalue weighted by Crippen LogP contribution is -2.38. The molecule has 1 saturated carbocycles. The van der Waals surface area contributed by atoms with E-state index in [9.17, 15) is 0 Å². The van der Waals surface area contributed by atoms with Crippen LogP contribution in [0.15, 0.2) is 0 Å². The van der Waals surface area contributed by atoms with Gasteiger partial charge in [-0.15, -0.1) is 0 Å². The number of hydrogen-bond acceptors (Lipinski definition) is 2. The lowest BCUT2D eigenvalue weighted by atomic mass is 9.83. The molecule has 0 saturated heterocycles. The normalized spacial score (nSPS) is 20.2. The molecule has 0 radical (unpaired) electrons. The summed E-state index contributed by atoms with van der Waals surface area (Å²) in [5.74, 6) is 0.893. The second kappa shape index (κ2) is 8.08. The van der Waals surface area contributed by atoms with Crippen molar-refractivity contribution in [2.24, 2.45) is 5.92 Å². The van der Waals surface area contributed by atoms with Gasteiger partial charge < -0.3 is 10.1 Å². The highest BCUT2D eigenvalue weighted by Crippen LogP contribution is 2.27. The molecule has 0 aromatic heterocycles. The van der Waals surface area contributed by atoms with Gasteiger partial charge in [0, 0.05) is 12.6 Å². The van der Waals surface area contributed by atoms with Crippen LogP contribution in [0, 0.1) is 5.92 Å². The van der Waals surface area contributed by atoms with Crippen LogP contribution in [0.2, 0.25) is 0 Å². The van der Waals surface area contributed by atoms with Crippen LogP contribution in [-0.4, -0.2) is 25.3 Å². The van der Waals surface area contributed by atoms with E-state index in [2.05, 4.69) is 26.1 Å². The Morgan fingerprint density at radius 3 is 2.44 bits per heavy atom. The van der Waals surface area contributed by atoms with Crippen molar-refractivity contribution in [3.63, 3.8) is 0 Å². The topological polar surface area (TPSA) is 21.3 Å². The molecule has 16 heavy (non-hydrogen) atoms. The standard InChI is InChI=1S/C14H29NO/c1-4-15-14(10-11-16-12(2)3)13-8-6-5-7-9-13/h12-15H,4-11H2,1-3H3. The van der Waals surface area contributed by atoms with Crippen molar-refractivity contribution in [1.82, 2.24) is 5.32 Å². The molecule has 1 rings (SSSR count). The third-order valence-electron chi connectivity index (χ3n) is 3.57. The minimum atomic E-state index is 0.369. The average Bonchev–Trinajstić information content (AvgIpc) is 2.29. The first kappa shape index (κ1) is 14.0. The molecule has 1 fully saturated rings. The maximum atomic E-state index is 5.67. The van der Waals surface area contributed by atoms with Gasteiger partial charge in [-0.25, -0.2) is 0 Å². The maximum absolute atomic E-state index is 5.67. The van der Waals surface area contributed by atoms with E-state index in [1.807, 2.05) is 0 Å². The summed E-state index contributed by atoms with van der Waals surface area (Å²) in [5, 5.41) is 3.65. The first-order chi connectivity index (χ1) is 7.74. The Kier molecular flexibility index (Phi) is 7.06. The second-order valence-corrected chi connectivity index (χ2v) is 5.27. The predicted octanol–water partition coefficient (Wildman–Crippen LogP) is 3.36. The smallest absolute Gasteiger partial charge is 0.0518 e. The van der Waals surface area contributed by atoms with Crippen LogP contribution in [0.1, 0.15) is 59.3 Å². The van der Waals surface area contributed by atoms with E-state index < -0.39 is 0 Å². The van der Waals surface area contributed by atoms with Gasteiger partial charge in [-0.1, -0.05) is 26.2 Å². The summed E-state index contributed by atoms with van der Waals surface area (Å²) in [5.41, 5.74) is 0. The SMILES string of the molecule is CCNC(CCOC(C)C)C1CCCCC1. The van der Waals surface area contributed by atoms with Crippen LogP contribution in [0.3, 0.4) is 0 Å². The number of rotatable bonds is 7. The Morgan fingerprint density at radius 2 is 1.88 bits per heavy atom. The van der Waals surface area contributed by atoms with Crippen molar-refractivity contribution >= 4 is 0 Å². The van der Waals surface area contributed by atoms with E-state index in [0.717, 1.165) is 19.1 Å². The molecule has 1 unspecified atom stereocenters. The zero-order valence-corrected chi connectivity index (χ0v) is 11.3. The van der Waals surface area contributed by atoms with Crippen molar-refractivity contribution in [1.29, 1.82) is 0 Å². The van der Waals surface area contributed by atoms with Crippen LogP contribution >= 0.6 is 0 Å². The molecule has 0 aliphatic heterocycles. The molecule has 1 aliphatic carbocycles. The minimum absolute atomic E-state index is 0.369. The van der Waals surface area contributed by atoms with E-state index in [1.165, 1.54) is 38.5 Å². The fourth-order valence-corrected chi connectivity index (χ4v) is 2.73. The van der Waals surface area contributed by atoms with Crippen LogP contribution in [0.25, 0.3) is 0 Å². The highest BCUT2D eigenvalue weighted by molar-refractivity contribution is 4.79. The molecule has 1 N–H and O–H groups in total. The van der Waals surface area contributed by atoms with Crippen LogP contribution in [-0.2, 0) is 4.74 Å². The zero-order valence-electron chi connectivity index (χ0n) is 11.3. The van der Waals surface area contributed by atoms with Crippen molar-refractivity contribution in [2.45, 2.75) is 71.4 Å². The number of nitrogens with one attached hydrogen (secondary N) is 1. The van der Waals surface area contributed by atoms with Crippen LogP contribution in [0.5, 0.6) is 0 Å². The lowest BCUT2D eigenvalue weighted by molar-refractivity contribution is 0.0651. The van der Waals surface area contributed by atoms with Gasteiger partial charge in [0.1, 0.15) is 0 Å². The summed E-state index contributed by atoms with van der Waals surface area (Å²) < 4.78 is 5.67. The molecule has 0 bridgehead atoms. The molecule has 0 amide bonds. The van der Waals surface area contributed by atoms with Crippen LogP contribution in [0.4, 0.5) is 0 Å². The van der Waals surface area contributed by atoms with Gasteiger partial charge in [-0.05, 0) is 45.6 Å². The van der Waals surface area contributed by atoms with Gasteiger partial charge in [0.15, 0.2) is 0 Å². The second-order valence-electron chi connectivity index (χ2n) is 5.27. The van der Waals surface area contributed by atoms with Crippen LogP contribution < -0.4 is 5.32 Å². The summed E-state index contributed by atoms with van der Waals surface area (Å²) in [6.45, 7) is 8.43. The summed E-state index contributed by atoms with van der Waals surface area (Å²) in [6, 6.07) is 0.684. The van der Waals surface area contributed by atoms with E-state index >= 15 is 0 Å². The molecule has 0 aromatic rings. The Hall–Kier alpha value is -0.0800. The van der Waals surface area contributed by atoms with Gasteiger partial charge in [0.25, 0.3) is 0 Å². The molecule has 2 nitrogen and oxygen atoms in total. The molecular formula is C14H29NO. The van der Waals surface area contributed by atoms with E-state index in [1.54, 1.807) is 0 Å².